The zero-order valence-electron chi connectivity index (χ0n) is 9.75. The predicted octanol–water partition coefficient (Wildman–Crippen LogP) is 4.28. The van der Waals surface area contributed by atoms with Crippen molar-refractivity contribution in [2.75, 3.05) is 5.32 Å². The standard InChI is InChI=1S/C14H12F3N/c1-9(10-4-2-5-11(15)8-10)18-14-12(16)6-3-7-13(14)17/h2-9,18H,1H3. The van der Waals surface area contributed by atoms with Gasteiger partial charge in [0.2, 0.25) is 0 Å². The third kappa shape index (κ3) is 2.64. The highest BCUT2D eigenvalue weighted by molar-refractivity contribution is 5.48. The molecule has 0 saturated carbocycles. The monoisotopic (exact) mass is 251 g/mol. The first-order valence-corrected chi connectivity index (χ1v) is 5.54. The summed E-state index contributed by atoms with van der Waals surface area (Å²) < 4.78 is 39.9. The van der Waals surface area contributed by atoms with Gasteiger partial charge in [-0.25, -0.2) is 13.2 Å². The van der Waals surface area contributed by atoms with Gasteiger partial charge in [0.15, 0.2) is 0 Å². The van der Waals surface area contributed by atoms with E-state index < -0.39 is 17.7 Å². The molecule has 0 aliphatic heterocycles. The summed E-state index contributed by atoms with van der Waals surface area (Å²) in [7, 11) is 0. The van der Waals surface area contributed by atoms with Gasteiger partial charge in [-0.3, -0.25) is 0 Å². The summed E-state index contributed by atoms with van der Waals surface area (Å²) >= 11 is 0. The SMILES string of the molecule is CC(Nc1c(F)cccc1F)c1cccc(F)c1. The highest BCUT2D eigenvalue weighted by atomic mass is 19.1. The fourth-order valence-corrected chi connectivity index (χ4v) is 1.71. The first-order chi connectivity index (χ1) is 8.58. The highest BCUT2D eigenvalue weighted by Gasteiger charge is 2.12. The minimum atomic E-state index is -0.668. The molecule has 0 aliphatic carbocycles. The molecule has 0 radical (unpaired) electrons. The molecule has 0 fully saturated rings. The number of anilines is 1. The number of benzene rings is 2. The number of nitrogens with one attached hydrogen (secondary N) is 1. The molecular weight excluding hydrogens is 239 g/mol. The van der Waals surface area contributed by atoms with Crippen LogP contribution in [0.15, 0.2) is 42.5 Å². The molecule has 0 aliphatic rings. The van der Waals surface area contributed by atoms with Crippen LogP contribution >= 0.6 is 0 Å². The van der Waals surface area contributed by atoms with Crippen LogP contribution in [0.2, 0.25) is 0 Å². The van der Waals surface area contributed by atoms with Crippen LogP contribution in [0.4, 0.5) is 18.9 Å². The van der Waals surface area contributed by atoms with Crippen molar-refractivity contribution >= 4 is 5.69 Å². The van der Waals surface area contributed by atoms with Gasteiger partial charge in [0.25, 0.3) is 0 Å². The molecule has 0 aromatic heterocycles. The van der Waals surface area contributed by atoms with Crippen LogP contribution in [0.3, 0.4) is 0 Å². The molecule has 2 aromatic rings. The molecule has 0 amide bonds. The molecule has 1 N–H and O–H groups in total. The molecule has 0 saturated heterocycles. The van der Waals surface area contributed by atoms with E-state index in [0.717, 1.165) is 0 Å². The lowest BCUT2D eigenvalue weighted by molar-refractivity contribution is 0.584. The van der Waals surface area contributed by atoms with Crippen molar-refractivity contribution in [2.24, 2.45) is 0 Å². The maximum Gasteiger partial charge on any atom is 0.149 e. The molecular formula is C14H12F3N. The minimum Gasteiger partial charge on any atom is -0.374 e. The molecule has 1 unspecified atom stereocenters. The zero-order valence-corrected chi connectivity index (χ0v) is 9.75. The summed E-state index contributed by atoms with van der Waals surface area (Å²) in [6.07, 6.45) is 0. The summed E-state index contributed by atoms with van der Waals surface area (Å²) in [6, 6.07) is 9.14. The van der Waals surface area contributed by atoms with Crippen molar-refractivity contribution in [2.45, 2.75) is 13.0 Å². The molecule has 2 aromatic carbocycles. The normalized spacial score (nSPS) is 12.2. The van der Waals surface area contributed by atoms with Crippen LogP contribution in [-0.4, -0.2) is 0 Å². The third-order valence-electron chi connectivity index (χ3n) is 2.67. The van der Waals surface area contributed by atoms with Crippen molar-refractivity contribution in [3.8, 4) is 0 Å². The molecule has 1 nitrogen and oxygen atoms in total. The lowest BCUT2D eigenvalue weighted by atomic mass is 10.1. The van der Waals surface area contributed by atoms with Crippen LogP contribution in [0.5, 0.6) is 0 Å². The van der Waals surface area contributed by atoms with Gasteiger partial charge < -0.3 is 5.32 Å². The second kappa shape index (κ2) is 5.12. The van der Waals surface area contributed by atoms with E-state index in [2.05, 4.69) is 5.32 Å². The molecule has 94 valence electrons. The Bertz CT molecular complexity index is 534. The van der Waals surface area contributed by atoms with E-state index in [-0.39, 0.29) is 11.5 Å². The summed E-state index contributed by atoms with van der Waals surface area (Å²) in [5.41, 5.74) is 0.423. The fourth-order valence-electron chi connectivity index (χ4n) is 1.71. The van der Waals surface area contributed by atoms with Crippen LogP contribution < -0.4 is 5.32 Å². The van der Waals surface area contributed by atoms with Gasteiger partial charge in [-0.2, -0.15) is 0 Å². The summed E-state index contributed by atoms with van der Waals surface area (Å²) in [4.78, 5) is 0. The van der Waals surface area contributed by atoms with E-state index in [1.807, 2.05) is 0 Å². The number of rotatable bonds is 3. The van der Waals surface area contributed by atoms with Crippen molar-refractivity contribution < 1.29 is 13.2 Å². The minimum absolute atomic E-state index is 0.200. The Kier molecular flexibility index (Phi) is 3.55. The van der Waals surface area contributed by atoms with E-state index >= 15 is 0 Å². The largest absolute Gasteiger partial charge is 0.374 e. The van der Waals surface area contributed by atoms with Gasteiger partial charge in [0.05, 0.1) is 0 Å². The van der Waals surface area contributed by atoms with Gasteiger partial charge >= 0.3 is 0 Å². The van der Waals surface area contributed by atoms with Crippen molar-refractivity contribution in [3.63, 3.8) is 0 Å². The first-order valence-electron chi connectivity index (χ1n) is 5.54. The van der Waals surface area contributed by atoms with Crippen LogP contribution in [0.25, 0.3) is 0 Å². The smallest absolute Gasteiger partial charge is 0.149 e. The molecule has 4 heteroatoms. The average Bonchev–Trinajstić information content (AvgIpc) is 2.34. The maximum atomic E-state index is 13.4. The first kappa shape index (κ1) is 12.5. The van der Waals surface area contributed by atoms with Gasteiger partial charge in [0, 0.05) is 6.04 Å². The van der Waals surface area contributed by atoms with E-state index in [4.69, 9.17) is 0 Å². The lowest BCUT2D eigenvalue weighted by Gasteiger charge is -2.16. The summed E-state index contributed by atoms with van der Waals surface area (Å²) in [6.45, 7) is 1.71. The Labute approximate surface area is 103 Å². The molecule has 2 rings (SSSR count). The van der Waals surface area contributed by atoms with Crippen molar-refractivity contribution in [1.82, 2.24) is 0 Å². The van der Waals surface area contributed by atoms with E-state index in [1.165, 1.54) is 30.3 Å². The molecule has 1 atom stereocenters. The Morgan fingerprint density at radius 3 is 2.17 bits per heavy atom. The van der Waals surface area contributed by atoms with Crippen molar-refractivity contribution in [3.05, 3.63) is 65.5 Å². The Morgan fingerprint density at radius 1 is 0.944 bits per heavy atom. The van der Waals surface area contributed by atoms with Gasteiger partial charge in [-0.05, 0) is 36.8 Å². The Hall–Kier alpha value is -1.97. The number of para-hydroxylation sites is 1. The van der Waals surface area contributed by atoms with Gasteiger partial charge in [-0.1, -0.05) is 18.2 Å². The fraction of sp³-hybridized carbons (Fsp3) is 0.143. The van der Waals surface area contributed by atoms with E-state index in [0.29, 0.717) is 5.56 Å². The number of hydrogen-bond acceptors (Lipinski definition) is 1. The van der Waals surface area contributed by atoms with Crippen LogP contribution in [0, 0.1) is 17.5 Å². The number of halogens is 3. The van der Waals surface area contributed by atoms with Gasteiger partial charge in [0.1, 0.15) is 23.1 Å². The Balaban J connectivity index is 2.24. The van der Waals surface area contributed by atoms with Crippen LogP contribution in [-0.2, 0) is 0 Å². The number of hydrogen-bond donors (Lipinski definition) is 1. The highest BCUT2D eigenvalue weighted by Crippen LogP contribution is 2.24. The topological polar surface area (TPSA) is 12.0 Å². The van der Waals surface area contributed by atoms with Crippen molar-refractivity contribution in [1.29, 1.82) is 0 Å². The van der Waals surface area contributed by atoms with Crippen LogP contribution in [0.1, 0.15) is 18.5 Å². The van der Waals surface area contributed by atoms with Gasteiger partial charge in [-0.15, -0.1) is 0 Å². The quantitative estimate of drug-likeness (QED) is 0.858. The molecule has 0 heterocycles. The van der Waals surface area contributed by atoms with E-state index in [9.17, 15) is 13.2 Å². The Morgan fingerprint density at radius 2 is 1.56 bits per heavy atom. The molecule has 0 spiro atoms. The van der Waals surface area contributed by atoms with E-state index in [1.54, 1.807) is 19.1 Å². The third-order valence-corrected chi connectivity index (χ3v) is 2.67. The summed E-state index contributed by atoms with van der Waals surface area (Å²) in [5, 5.41) is 2.71. The second-order valence-corrected chi connectivity index (χ2v) is 4.02. The lowest BCUT2D eigenvalue weighted by Crippen LogP contribution is -2.09. The predicted molar refractivity (Wildman–Crippen MR) is 64.8 cm³/mol. The maximum absolute atomic E-state index is 13.4. The summed E-state index contributed by atoms with van der Waals surface area (Å²) in [5.74, 6) is -1.72. The zero-order chi connectivity index (χ0) is 13.1. The average molecular weight is 251 g/mol. The second-order valence-electron chi connectivity index (χ2n) is 4.02. The molecule has 18 heavy (non-hydrogen) atoms. The molecule has 0 bridgehead atoms.